The number of hydrogen-bond acceptors (Lipinski definition) is 4. The number of amides is 1. The number of aromatic hydroxyl groups is 1. The van der Waals surface area contributed by atoms with E-state index in [-0.39, 0.29) is 11.7 Å². The fourth-order valence-corrected chi connectivity index (χ4v) is 1.45. The van der Waals surface area contributed by atoms with Gasteiger partial charge in [-0.3, -0.25) is 4.79 Å². The second-order valence-electron chi connectivity index (χ2n) is 3.88. The summed E-state index contributed by atoms with van der Waals surface area (Å²) in [6.45, 7) is 2.11. The Balaban J connectivity index is 2.02. The Morgan fingerprint density at radius 1 is 1.39 bits per heavy atom. The van der Waals surface area contributed by atoms with E-state index in [0.29, 0.717) is 12.1 Å². The predicted molar refractivity (Wildman–Crippen MR) is 66.0 cm³/mol. The van der Waals surface area contributed by atoms with Crippen LogP contribution in [0.4, 0.5) is 0 Å². The standard InChI is InChI=1S/C13H13N3O2/c1-9-2-3-10(6-12(9)17)13(18)15-7-11-4-5-14-8-16-11/h2-6,8,17H,7H2,1H3,(H,15,18). The highest BCUT2D eigenvalue weighted by Crippen LogP contribution is 2.17. The van der Waals surface area contributed by atoms with Crippen molar-refractivity contribution in [2.75, 3.05) is 0 Å². The van der Waals surface area contributed by atoms with Gasteiger partial charge in [-0.25, -0.2) is 9.97 Å². The lowest BCUT2D eigenvalue weighted by atomic mass is 10.1. The van der Waals surface area contributed by atoms with Crippen LogP contribution in [0.25, 0.3) is 0 Å². The highest BCUT2D eigenvalue weighted by atomic mass is 16.3. The molecule has 18 heavy (non-hydrogen) atoms. The third-order valence-corrected chi connectivity index (χ3v) is 2.54. The molecule has 0 radical (unpaired) electrons. The van der Waals surface area contributed by atoms with Gasteiger partial charge in [0.15, 0.2) is 0 Å². The number of carbonyl (C=O) groups is 1. The van der Waals surface area contributed by atoms with E-state index in [1.807, 2.05) is 0 Å². The first-order valence-corrected chi connectivity index (χ1v) is 5.49. The SMILES string of the molecule is Cc1ccc(C(=O)NCc2ccncn2)cc1O. The Morgan fingerprint density at radius 3 is 2.89 bits per heavy atom. The van der Waals surface area contributed by atoms with Crippen molar-refractivity contribution >= 4 is 5.91 Å². The number of hydrogen-bond donors (Lipinski definition) is 2. The largest absolute Gasteiger partial charge is 0.508 e. The number of phenolic OH excluding ortho intramolecular Hbond substituents is 1. The Labute approximate surface area is 105 Å². The first-order valence-electron chi connectivity index (χ1n) is 5.49. The van der Waals surface area contributed by atoms with Crippen LogP contribution in [0.15, 0.2) is 36.8 Å². The molecule has 2 rings (SSSR count). The number of phenols is 1. The average Bonchev–Trinajstić information content (AvgIpc) is 2.40. The topological polar surface area (TPSA) is 75.1 Å². The van der Waals surface area contributed by atoms with Crippen LogP contribution in [-0.2, 0) is 6.54 Å². The molecular formula is C13H13N3O2. The highest BCUT2D eigenvalue weighted by molar-refractivity contribution is 5.94. The number of aryl methyl sites for hydroxylation is 1. The number of aromatic nitrogens is 2. The molecule has 5 heteroatoms. The minimum Gasteiger partial charge on any atom is -0.508 e. The lowest BCUT2D eigenvalue weighted by Gasteiger charge is -2.06. The van der Waals surface area contributed by atoms with Crippen molar-refractivity contribution in [2.24, 2.45) is 0 Å². The van der Waals surface area contributed by atoms with Gasteiger partial charge >= 0.3 is 0 Å². The molecule has 0 aliphatic carbocycles. The quantitative estimate of drug-likeness (QED) is 0.855. The zero-order chi connectivity index (χ0) is 13.0. The Bertz CT molecular complexity index is 555. The first kappa shape index (κ1) is 12.0. The molecule has 0 saturated carbocycles. The van der Waals surface area contributed by atoms with Crippen LogP contribution in [0.5, 0.6) is 5.75 Å². The van der Waals surface area contributed by atoms with Gasteiger partial charge in [0.25, 0.3) is 5.91 Å². The van der Waals surface area contributed by atoms with Crippen LogP contribution in [0.3, 0.4) is 0 Å². The van der Waals surface area contributed by atoms with Crippen molar-refractivity contribution in [1.29, 1.82) is 0 Å². The minimum atomic E-state index is -0.246. The number of rotatable bonds is 3. The van der Waals surface area contributed by atoms with Gasteiger partial charge in [0, 0.05) is 11.8 Å². The van der Waals surface area contributed by atoms with Crippen molar-refractivity contribution in [3.63, 3.8) is 0 Å². The van der Waals surface area contributed by atoms with Crippen LogP contribution in [0.2, 0.25) is 0 Å². The summed E-state index contributed by atoms with van der Waals surface area (Å²) in [6.07, 6.45) is 3.05. The smallest absolute Gasteiger partial charge is 0.251 e. The third kappa shape index (κ3) is 2.82. The lowest BCUT2D eigenvalue weighted by Crippen LogP contribution is -2.23. The molecule has 92 valence electrons. The highest BCUT2D eigenvalue weighted by Gasteiger charge is 2.07. The molecule has 1 heterocycles. The van der Waals surface area contributed by atoms with E-state index in [9.17, 15) is 9.90 Å². The molecule has 0 saturated heterocycles. The Hall–Kier alpha value is -2.43. The molecule has 0 fully saturated rings. The van der Waals surface area contributed by atoms with E-state index in [4.69, 9.17) is 0 Å². The third-order valence-electron chi connectivity index (χ3n) is 2.54. The molecule has 5 nitrogen and oxygen atoms in total. The normalized spacial score (nSPS) is 10.1. The van der Waals surface area contributed by atoms with Crippen LogP contribution >= 0.6 is 0 Å². The summed E-state index contributed by atoms with van der Waals surface area (Å²) in [4.78, 5) is 19.6. The molecular weight excluding hydrogens is 230 g/mol. The second-order valence-corrected chi connectivity index (χ2v) is 3.88. The summed E-state index contributed by atoms with van der Waals surface area (Å²) in [7, 11) is 0. The van der Waals surface area contributed by atoms with E-state index in [1.165, 1.54) is 12.4 Å². The summed E-state index contributed by atoms with van der Waals surface area (Å²) < 4.78 is 0. The van der Waals surface area contributed by atoms with Crippen molar-refractivity contribution in [3.8, 4) is 5.75 Å². The van der Waals surface area contributed by atoms with Crippen molar-refractivity contribution in [3.05, 3.63) is 53.6 Å². The number of carbonyl (C=O) groups excluding carboxylic acids is 1. The van der Waals surface area contributed by atoms with Crippen LogP contribution in [-0.4, -0.2) is 21.0 Å². The van der Waals surface area contributed by atoms with E-state index < -0.39 is 0 Å². The fourth-order valence-electron chi connectivity index (χ4n) is 1.45. The molecule has 0 atom stereocenters. The van der Waals surface area contributed by atoms with Gasteiger partial charge in [0.2, 0.25) is 0 Å². The van der Waals surface area contributed by atoms with E-state index >= 15 is 0 Å². The zero-order valence-corrected chi connectivity index (χ0v) is 9.92. The monoisotopic (exact) mass is 243 g/mol. The number of benzene rings is 1. The maximum Gasteiger partial charge on any atom is 0.251 e. The average molecular weight is 243 g/mol. The summed E-state index contributed by atoms with van der Waals surface area (Å²) in [5.74, 6) is -0.131. The molecule has 0 aliphatic heterocycles. The van der Waals surface area contributed by atoms with E-state index in [0.717, 1.165) is 11.3 Å². The predicted octanol–water partition coefficient (Wildman–Crippen LogP) is 1.42. The maximum absolute atomic E-state index is 11.8. The van der Waals surface area contributed by atoms with Gasteiger partial charge in [0.1, 0.15) is 12.1 Å². The summed E-state index contributed by atoms with van der Waals surface area (Å²) in [5.41, 5.74) is 1.89. The molecule has 1 aromatic carbocycles. The number of nitrogens with zero attached hydrogens (tertiary/aromatic N) is 2. The van der Waals surface area contributed by atoms with Crippen molar-refractivity contribution < 1.29 is 9.90 Å². The van der Waals surface area contributed by atoms with Gasteiger partial charge in [-0.15, -0.1) is 0 Å². The van der Waals surface area contributed by atoms with E-state index in [2.05, 4.69) is 15.3 Å². The molecule has 0 spiro atoms. The molecule has 0 unspecified atom stereocenters. The summed E-state index contributed by atoms with van der Waals surface area (Å²) in [6, 6.07) is 6.55. The number of nitrogens with one attached hydrogen (secondary N) is 1. The zero-order valence-electron chi connectivity index (χ0n) is 9.92. The summed E-state index contributed by atoms with van der Waals surface area (Å²) >= 11 is 0. The van der Waals surface area contributed by atoms with Crippen LogP contribution in [0, 0.1) is 6.92 Å². The van der Waals surface area contributed by atoms with Gasteiger partial charge in [-0.2, -0.15) is 0 Å². The molecule has 0 bridgehead atoms. The summed E-state index contributed by atoms with van der Waals surface area (Å²) in [5, 5.41) is 12.3. The van der Waals surface area contributed by atoms with Gasteiger partial charge in [-0.05, 0) is 30.7 Å². The van der Waals surface area contributed by atoms with Crippen LogP contribution < -0.4 is 5.32 Å². The van der Waals surface area contributed by atoms with Crippen molar-refractivity contribution in [2.45, 2.75) is 13.5 Å². The minimum absolute atomic E-state index is 0.115. The molecule has 2 aromatic rings. The van der Waals surface area contributed by atoms with Gasteiger partial charge in [-0.1, -0.05) is 6.07 Å². The van der Waals surface area contributed by atoms with E-state index in [1.54, 1.807) is 31.3 Å². The van der Waals surface area contributed by atoms with Gasteiger partial charge < -0.3 is 10.4 Å². The lowest BCUT2D eigenvalue weighted by molar-refractivity contribution is 0.0950. The van der Waals surface area contributed by atoms with Crippen LogP contribution in [0.1, 0.15) is 21.6 Å². The first-order chi connectivity index (χ1) is 8.66. The fraction of sp³-hybridized carbons (Fsp3) is 0.154. The molecule has 2 N–H and O–H groups in total. The van der Waals surface area contributed by atoms with Crippen molar-refractivity contribution in [1.82, 2.24) is 15.3 Å². The molecule has 1 aromatic heterocycles. The molecule has 1 amide bonds. The molecule has 0 aliphatic rings. The Morgan fingerprint density at radius 2 is 2.22 bits per heavy atom. The second kappa shape index (κ2) is 5.27. The Kier molecular flexibility index (Phi) is 3.52. The maximum atomic E-state index is 11.8. The van der Waals surface area contributed by atoms with Gasteiger partial charge in [0.05, 0.1) is 12.2 Å².